The van der Waals surface area contributed by atoms with Crippen LogP contribution < -0.4 is 5.32 Å². The fourth-order valence-corrected chi connectivity index (χ4v) is 8.21. The molecule has 384 valence electrons. The Labute approximate surface area is 407 Å². The molecule has 3 atom stereocenters. The van der Waals surface area contributed by atoms with Crippen LogP contribution in [0.3, 0.4) is 0 Å². The third-order valence-corrected chi connectivity index (χ3v) is 12.7. The van der Waals surface area contributed by atoms with Gasteiger partial charge in [0.15, 0.2) is 0 Å². The van der Waals surface area contributed by atoms with Crippen LogP contribution >= 0.6 is 7.82 Å². The van der Waals surface area contributed by atoms with E-state index in [2.05, 4.69) is 74.7 Å². The van der Waals surface area contributed by atoms with Crippen molar-refractivity contribution in [2.45, 2.75) is 245 Å². The minimum Gasteiger partial charge on any atom is -0.456 e. The molecule has 0 saturated heterocycles. The van der Waals surface area contributed by atoms with E-state index in [-0.39, 0.29) is 31.5 Å². The molecule has 0 spiro atoms. The molecule has 1 amide bonds. The van der Waals surface area contributed by atoms with Crippen LogP contribution in [0.2, 0.25) is 0 Å². The molecule has 0 bridgehead atoms. The van der Waals surface area contributed by atoms with E-state index in [1.54, 1.807) is 0 Å². The molecule has 0 aliphatic rings. The van der Waals surface area contributed by atoms with Crippen LogP contribution in [0.25, 0.3) is 0 Å². The fourth-order valence-electron chi connectivity index (χ4n) is 7.48. The molecule has 0 aromatic heterocycles. The van der Waals surface area contributed by atoms with Crippen LogP contribution in [0.4, 0.5) is 0 Å². The summed E-state index contributed by atoms with van der Waals surface area (Å²) < 4.78 is 30.5. The number of quaternary nitrogens is 1. The molecule has 0 aromatic carbocycles. The van der Waals surface area contributed by atoms with Crippen molar-refractivity contribution in [3.05, 3.63) is 60.8 Å². The van der Waals surface area contributed by atoms with Gasteiger partial charge in [-0.05, 0) is 89.5 Å². The summed E-state index contributed by atoms with van der Waals surface area (Å²) >= 11 is 0. The highest BCUT2D eigenvalue weighted by molar-refractivity contribution is 7.47. The maximum atomic E-state index is 13.4. The highest BCUT2D eigenvalue weighted by Gasteiger charge is 2.30. The Bertz CT molecular complexity index is 1320. The number of rotatable bonds is 48. The zero-order valence-electron chi connectivity index (χ0n) is 43.7. The van der Waals surface area contributed by atoms with Crippen molar-refractivity contribution < 1.29 is 37.3 Å². The molecule has 66 heavy (non-hydrogen) atoms. The molecule has 2 N–H and O–H groups in total. The SMILES string of the molecule is CC/C=C/C/C=C/C/C=C/CCCCCCC(=O)OC(/C=C/CCCCCCCCCCCC)C(COP(=O)(O)OCC[N+](C)(C)C)NC(=O)CCCCC/C=C\CCCCCCCCC. The van der Waals surface area contributed by atoms with Gasteiger partial charge in [0.25, 0.3) is 0 Å². The van der Waals surface area contributed by atoms with Crippen molar-refractivity contribution in [3.8, 4) is 0 Å². The number of unbranched alkanes of at least 4 members (excludes halogenated alkanes) is 24. The summed E-state index contributed by atoms with van der Waals surface area (Å²) in [4.78, 5) is 37.4. The number of nitrogens with one attached hydrogen (secondary N) is 1. The van der Waals surface area contributed by atoms with Crippen LogP contribution in [-0.2, 0) is 27.9 Å². The third kappa shape index (κ3) is 46.8. The van der Waals surface area contributed by atoms with E-state index in [9.17, 15) is 19.0 Å². The zero-order valence-corrected chi connectivity index (χ0v) is 44.6. The number of likely N-dealkylation sites (N-methyl/N-ethyl adjacent to an activating group) is 1. The Morgan fingerprint density at radius 3 is 1.48 bits per heavy atom. The summed E-state index contributed by atoms with van der Waals surface area (Å²) in [6, 6.07) is -0.864. The second kappa shape index (κ2) is 46.4. The second-order valence-electron chi connectivity index (χ2n) is 19.4. The number of phosphoric acid groups is 1. The number of hydrogen-bond acceptors (Lipinski definition) is 6. The van der Waals surface area contributed by atoms with Crippen LogP contribution in [-0.4, -0.2) is 74.3 Å². The van der Waals surface area contributed by atoms with Gasteiger partial charge in [-0.2, -0.15) is 0 Å². The Balaban J connectivity index is 5.47. The van der Waals surface area contributed by atoms with E-state index in [1.807, 2.05) is 33.3 Å². The number of hydrogen-bond donors (Lipinski definition) is 2. The van der Waals surface area contributed by atoms with Crippen LogP contribution in [0, 0.1) is 0 Å². The number of phosphoric ester groups is 1. The number of esters is 1. The van der Waals surface area contributed by atoms with E-state index in [1.165, 1.54) is 96.3 Å². The highest BCUT2D eigenvalue weighted by atomic mass is 31.2. The lowest BCUT2D eigenvalue weighted by Gasteiger charge is -2.27. The summed E-state index contributed by atoms with van der Waals surface area (Å²) in [6.45, 7) is 6.85. The fraction of sp³-hybridized carbons (Fsp3) is 0.786. The Morgan fingerprint density at radius 2 is 0.970 bits per heavy atom. The van der Waals surface area contributed by atoms with Crippen molar-refractivity contribution in [3.63, 3.8) is 0 Å². The lowest BCUT2D eigenvalue weighted by atomic mass is 10.1. The largest absolute Gasteiger partial charge is 0.472 e. The summed E-state index contributed by atoms with van der Waals surface area (Å²) in [5, 5.41) is 3.02. The third-order valence-electron chi connectivity index (χ3n) is 11.7. The smallest absolute Gasteiger partial charge is 0.456 e. The molecule has 10 heteroatoms. The number of amides is 1. The van der Waals surface area contributed by atoms with Gasteiger partial charge in [0.1, 0.15) is 19.3 Å². The topological polar surface area (TPSA) is 111 Å². The number of ether oxygens (including phenoxy) is 1. The van der Waals surface area contributed by atoms with E-state index in [0.29, 0.717) is 23.9 Å². The lowest BCUT2D eigenvalue weighted by Crippen LogP contribution is -2.47. The summed E-state index contributed by atoms with van der Waals surface area (Å²) in [7, 11) is 1.47. The monoisotopic (exact) mass is 948 g/mol. The zero-order chi connectivity index (χ0) is 48.7. The molecule has 3 unspecified atom stereocenters. The summed E-state index contributed by atoms with van der Waals surface area (Å²) in [5.74, 6) is -0.551. The molecule has 0 fully saturated rings. The van der Waals surface area contributed by atoms with Crippen LogP contribution in [0.15, 0.2) is 60.8 Å². The summed E-state index contributed by atoms with van der Waals surface area (Å²) in [5.41, 5.74) is 0. The average Bonchev–Trinajstić information content (AvgIpc) is 3.27. The number of nitrogens with zero attached hydrogens (tertiary/aromatic N) is 1. The predicted octanol–water partition coefficient (Wildman–Crippen LogP) is 15.9. The molecule has 0 heterocycles. The maximum absolute atomic E-state index is 13.4. The molecule has 0 radical (unpaired) electrons. The molecule has 9 nitrogen and oxygen atoms in total. The Hall–Kier alpha value is -2.29. The molecule has 0 saturated carbocycles. The van der Waals surface area contributed by atoms with E-state index in [4.69, 9.17) is 13.8 Å². The standard InChI is InChI=1S/C56H103N2O7P/c1-7-10-13-16-19-22-25-28-30-33-36-39-42-45-48-55(59)57-53(52-64-66(61,62)63-51-50-58(4,5)6)54(47-44-41-38-35-32-27-24-21-18-15-12-9-3)65-56(60)49-46-43-40-37-34-31-29-26-23-20-17-14-11-8-2/h11,14,20,23,29-31,33,44,47,53-54H,7-10,12-13,15-19,21-22,24-28,32,34-43,45-46,48-52H2,1-6H3,(H-,57,59,61,62)/p+1/b14-11+,23-20+,31-29+,33-30-,47-44+. The Kier molecular flexibility index (Phi) is 44.8. The first-order chi connectivity index (χ1) is 31.9. The van der Waals surface area contributed by atoms with Crippen molar-refractivity contribution >= 4 is 19.7 Å². The van der Waals surface area contributed by atoms with Crippen LogP contribution in [0.5, 0.6) is 0 Å². The summed E-state index contributed by atoms with van der Waals surface area (Å²) in [6.07, 6.45) is 56.4. The Morgan fingerprint density at radius 1 is 0.545 bits per heavy atom. The number of carbonyl (C=O) groups excluding carboxylic acids is 2. The number of allylic oxidation sites excluding steroid dienone is 9. The van der Waals surface area contributed by atoms with Gasteiger partial charge in [-0.1, -0.05) is 191 Å². The van der Waals surface area contributed by atoms with E-state index >= 15 is 0 Å². The average molecular weight is 948 g/mol. The number of carbonyl (C=O) groups is 2. The van der Waals surface area contributed by atoms with E-state index in [0.717, 1.165) is 96.3 Å². The first-order valence-electron chi connectivity index (χ1n) is 27.1. The van der Waals surface area contributed by atoms with Crippen molar-refractivity contribution in [1.29, 1.82) is 0 Å². The molecule has 0 aromatic rings. The van der Waals surface area contributed by atoms with Gasteiger partial charge < -0.3 is 19.4 Å². The molecule has 0 rings (SSSR count). The van der Waals surface area contributed by atoms with E-state index < -0.39 is 20.0 Å². The van der Waals surface area contributed by atoms with Crippen molar-refractivity contribution in [2.24, 2.45) is 0 Å². The lowest BCUT2D eigenvalue weighted by molar-refractivity contribution is -0.870. The highest BCUT2D eigenvalue weighted by Crippen LogP contribution is 2.43. The minimum atomic E-state index is -4.45. The van der Waals surface area contributed by atoms with Gasteiger partial charge in [0, 0.05) is 12.8 Å². The maximum Gasteiger partial charge on any atom is 0.472 e. The first-order valence-corrected chi connectivity index (χ1v) is 28.6. The molecular weight excluding hydrogens is 844 g/mol. The van der Waals surface area contributed by atoms with Crippen LogP contribution in [0.1, 0.15) is 233 Å². The minimum absolute atomic E-state index is 0.0324. The predicted molar refractivity (Wildman–Crippen MR) is 282 cm³/mol. The van der Waals surface area contributed by atoms with Gasteiger partial charge in [-0.3, -0.25) is 18.6 Å². The van der Waals surface area contributed by atoms with Gasteiger partial charge in [0.05, 0.1) is 33.8 Å². The van der Waals surface area contributed by atoms with Gasteiger partial charge >= 0.3 is 13.8 Å². The quantitative estimate of drug-likeness (QED) is 0.0205. The normalized spacial score (nSPS) is 14.3. The van der Waals surface area contributed by atoms with Crippen molar-refractivity contribution in [2.75, 3.05) is 40.9 Å². The molecular formula is C56H104N2O7P+. The van der Waals surface area contributed by atoms with Crippen molar-refractivity contribution in [1.82, 2.24) is 5.32 Å². The first kappa shape index (κ1) is 63.7. The van der Waals surface area contributed by atoms with Gasteiger partial charge in [0.2, 0.25) is 5.91 Å². The molecule has 0 aliphatic heterocycles. The van der Waals surface area contributed by atoms with Gasteiger partial charge in [-0.15, -0.1) is 0 Å². The second-order valence-corrected chi connectivity index (χ2v) is 20.8. The van der Waals surface area contributed by atoms with Gasteiger partial charge in [-0.25, -0.2) is 4.57 Å². The molecule has 0 aliphatic carbocycles.